The number of hydrogen-bond donors (Lipinski definition) is 2. The Bertz CT molecular complexity index is 555. The molecule has 0 atom stereocenters. The molecule has 1 aromatic heterocycles. The molecule has 1 aromatic carbocycles. The molecule has 0 aliphatic carbocycles. The Morgan fingerprint density at radius 3 is 2.95 bits per heavy atom. The van der Waals surface area contributed by atoms with E-state index in [2.05, 4.69) is 15.5 Å². The number of carbonyl (C=O) groups is 1. The van der Waals surface area contributed by atoms with Crippen molar-refractivity contribution >= 4 is 23.3 Å². The third kappa shape index (κ3) is 3.72. The van der Waals surface area contributed by atoms with Gasteiger partial charge in [-0.1, -0.05) is 17.7 Å². The van der Waals surface area contributed by atoms with Crippen molar-refractivity contribution in [2.45, 2.75) is 12.8 Å². The lowest BCUT2D eigenvalue weighted by Gasteiger charge is -2.06. The second kappa shape index (κ2) is 6.24. The fraction of sp³-hybridized carbons (Fsp3) is 0.231. The number of amides is 1. The summed E-state index contributed by atoms with van der Waals surface area (Å²) in [4.78, 5) is 11.7. The van der Waals surface area contributed by atoms with Gasteiger partial charge in [0.15, 0.2) is 0 Å². The number of carbonyl (C=O) groups excluding carboxylic acids is 1. The third-order valence-electron chi connectivity index (χ3n) is 2.63. The summed E-state index contributed by atoms with van der Waals surface area (Å²) in [5.74, 6) is 1.15. The molecule has 0 saturated carbocycles. The van der Waals surface area contributed by atoms with E-state index in [0.717, 1.165) is 5.56 Å². The third-order valence-corrected chi connectivity index (χ3v) is 2.93. The normalized spacial score (nSPS) is 10.2. The Kier molecular flexibility index (Phi) is 4.41. The van der Waals surface area contributed by atoms with Crippen LogP contribution in [-0.4, -0.2) is 23.2 Å². The number of aromatic nitrogens is 2. The fourth-order valence-corrected chi connectivity index (χ4v) is 1.94. The molecular weight excluding hydrogens is 266 g/mol. The van der Waals surface area contributed by atoms with Gasteiger partial charge in [0.05, 0.1) is 18.3 Å². The molecule has 2 rings (SSSR count). The number of rotatable bonds is 5. The summed E-state index contributed by atoms with van der Waals surface area (Å²) in [5, 5.41) is 9.69. The summed E-state index contributed by atoms with van der Waals surface area (Å²) in [6.07, 6.45) is 2.57. The van der Waals surface area contributed by atoms with E-state index in [-0.39, 0.29) is 5.91 Å². The monoisotopic (exact) mass is 279 g/mol. The fourth-order valence-electron chi connectivity index (χ4n) is 1.66. The Morgan fingerprint density at radius 2 is 2.32 bits per heavy atom. The lowest BCUT2D eigenvalue weighted by molar-refractivity contribution is -0.116. The Balaban J connectivity index is 1.88. The van der Waals surface area contributed by atoms with Crippen molar-refractivity contribution in [3.05, 3.63) is 41.0 Å². The van der Waals surface area contributed by atoms with E-state index in [4.69, 9.17) is 16.3 Å². The number of anilines is 1. The van der Waals surface area contributed by atoms with Crippen molar-refractivity contribution < 1.29 is 9.53 Å². The van der Waals surface area contributed by atoms with E-state index in [0.29, 0.717) is 29.4 Å². The maximum absolute atomic E-state index is 11.7. The van der Waals surface area contributed by atoms with Crippen LogP contribution in [0.3, 0.4) is 0 Å². The van der Waals surface area contributed by atoms with Gasteiger partial charge in [-0.15, -0.1) is 0 Å². The second-order valence-corrected chi connectivity index (χ2v) is 4.39. The van der Waals surface area contributed by atoms with Crippen LogP contribution < -0.4 is 10.1 Å². The number of aromatic amines is 1. The Morgan fingerprint density at radius 1 is 1.47 bits per heavy atom. The highest BCUT2D eigenvalue weighted by molar-refractivity contribution is 6.32. The molecule has 0 spiro atoms. The average Bonchev–Trinajstić information content (AvgIpc) is 2.89. The van der Waals surface area contributed by atoms with Crippen molar-refractivity contribution in [3.8, 4) is 5.75 Å². The number of nitrogens with zero attached hydrogens (tertiary/aromatic N) is 1. The zero-order chi connectivity index (χ0) is 13.7. The van der Waals surface area contributed by atoms with Crippen molar-refractivity contribution in [1.29, 1.82) is 0 Å². The van der Waals surface area contributed by atoms with E-state index in [1.54, 1.807) is 25.4 Å². The van der Waals surface area contributed by atoms with Crippen LogP contribution >= 0.6 is 11.6 Å². The molecule has 1 heterocycles. The number of aryl methyl sites for hydroxylation is 1. The van der Waals surface area contributed by atoms with Crippen LogP contribution in [0.15, 0.2) is 30.5 Å². The molecule has 6 heteroatoms. The number of H-pyrrole nitrogens is 1. The first kappa shape index (κ1) is 13.4. The highest BCUT2D eigenvalue weighted by atomic mass is 35.5. The molecular formula is C13H14ClN3O2. The van der Waals surface area contributed by atoms with Crippen molar-refractivity contribution in [2.24, 2.45) is 0 Å². The molecule has 1 amide bonds. The topological polar surface area (TPSA) is 67.0 Å². The number of hydrogen-bond acceptors (Lipinski definition) is 3. The van der Waals surface area contributed by atoms with E-state index in [1.165, 1.54) is 0 Å². The van der Waals surface area contributed by atoms with Crippen molar-refractivity contribution in [2.75, 3.05) is 12.4 Å². The van der Waals surface area contributed by atoms with Gasteiger partial charge in [-0.3, -0.25) is 9.89 Å². The van der Waals surface area contributed by atoms with Crippen LogP contribution in [0.5, 0.6) is 5.75 Å². The largest absolute Gasteiger partial charge is 0.495 e. The highest BCUT2D eigenvalue weighted by Gasteiger charge is 2.06. The molecule has 19 heavy (non-hydrogen) atoms. The predicted molar refractivity (Wildman–Crippen MR) is 73.5 cm³/mol. The minimum Gasteiger partial charge on any atom is -0.495 e. The van der Waals surface area contributed by atoms with Gasteiger partial charge in [-0.25, -0.2) is 0 Å². The van der Waals surface area contributed by atoms with E-state index >= 15 is 0 Å². The van der Waals surface area contributed by atoms with Gasteiger partial charge in [0, 0.05) is 12.5 Å². The smallest absolute Gasteiger partial charge is 0.225 e. The first-order valence-electron chi connectivity index (χ1n) is 5.80. The quantitative estimate of drug-likeness (QED) is 0.884. The minimum absolute atomic E-state index is 0.0730. The van der Waals surface area contributed by atoms with Crippen LogP contribution in [-0.2, 0) is 11.2 Å². The lowest BCUT2D eigenvalue weighted by atomic mass is 10.1. The Hall–Kier alpha value is -2.01. The maximum atomic E-state index is 11.7. The first-order chi connectivity index (χ1) is 9.19. The molecule has 0 aliphatic heterocycles. The second-order valence-electron chi connectivity index (χ2n) is 3.99. The zero-order valence-corrected chi connectivity index (χ0v) is 11.2. The summed E-state index contributed by atoms with van der Waals surface area (Å²) >= 11 is 6.02. The zero-order valence-electron chi connectivity index (χ0n) is 10.4. The molecule has 0 aliphatic rings. The average molecular weight is 280 g/mol. The first-order valence-corrected chi connectivity index (χ1v) is 6.18. The van der Waals surface area contributed by atoms with Crippen LogP contribution in [0.25, 0.3) is 0 Å². The van der Waals surface area contributed by atoms with Gasteiger partial charge in [-0.2, -0.15) is 5.10 Å². The molecule has 100 valence electrons. The molecule has 2 N–H and O–H groups in total. The van der Waals surface area contributed by atoms with E-state index < -0.39 is 0 Å². The number of ether oxygens (including phenoxy) is 1. The summed E-state index contributed by atoms with van der Waals surface area (Å²) in [5.41, 5.74) is 0.991. The molecule has 0 bridgehead atoms. The summed E-state index contributed by atoms with van der Waals surface area (Å²) in [7, 11) is 1.57. The van der Waals surface area contributed by atoms with Crippen LogP contribution in [0.4, 0.5) is 5.82 Å². The lowest BCUT2D eigenvalue weighted by Crippen LogP contribution is -2.12. The predicted octanol–water partition coefficient (Wildman–Crippen LogP) is 2.64. The SMILES string of the molecule is COc1ccc(CCC(=O)Nc2ccn[nH]2)cc1Cl. The van der Waals surface area contributed by atoms with Crippen molar-refractivity contribution in [3.63, 3.8) is 0 Å². The Labute approximate surface area is 115 Å². The molecule has 0 radical (unpaired) electrons. The number of benzene rings is 1. The van der Waals surface area contributed by atoms with Gasteiger partial charge in [0.2, 0.25) is 5.91 Å². The van der Waals surface area contributed by atoms with Crippen LogP contribution in [0.1, 0.15) is 12.0 Å². The number of nitrogens with one attached hydrogen (secondary N) is 2. The number of halogens is 1. The van der Waals surface area contributed by atoms with E-state index in [9.17, 15) is 4.79 Å². The molecule has 0 saturated heterocycles. The van der Waals surface area contributed by atoms with E-state index in [1.807, 2.05) is 12.1 Å². The van der Waals surface area contributed by atoms with Gasteiger partial charge >= 0.3 is 0 Å². The summed E-state index contributed by atoms with van der Waals surface area (Å²) in [6, 6.07) is 7.20. The van der Waals surface area contributed by atoms with Crippen LogP contribution in [0.2, 0.25) is 5.02 Å². The molecule has 0 unspecified atom stereocenters. The molecule has 0 fully saturated rings. The minimum atomic E-state index is -0.0730. The van der Waals surface area contributed by atoms with Gasteiger partial charge in [0.25, 0.3) is 0 Å². The highest BCUT2D eigenvalue weighted by Crippen LogP contribution is 2.25. The van der Waals surface area contributed by atoms with Crippen LogP contribution in [0, 0.1) is 0 Å². The standard InChI is InChI=1S/C13H14ClN3O2/c1-19-11-4-2-9(8-10(11)14)3-5-13(18)16-12-6-7-15-17-12/h2,4,6-8H,3,5H2,1H3,(H2,15,16,17,18). The van der Waals surface area contributed by atoms with Crippen molar-refractivity contribution in [1.82, 2.24) is 10.2 Å². The summed E-state index contributed by atoms with van der Waals surface area (Å²) < 4.78 is 5.07. The maximum Gasteiger partial charge on any atom is 0.225 e. The van der Waals surface area contributed by atoms with Gasteiger partial charge in [0.1, 0.15) is 11.6 Å². The molecule has 2 aromatic rings. The molecule has 5 nitrogen and oxygen atoms in total. The van der Waals surface area contributed by atoms with Gasteiger partial charge < -0.3 is 10.1 Å². The number of methoxy groups -OCH3 is 1. The summed E-state index contributed by atoms with van der Waals surface area (Å²) in [6.45, 7) is 0. The van der Waals surface area contributed by atoms with Gasteiger partial charge in [-0.05, 0) is 24.1 Å².